The van der Waals surface area contributed by atoms with E-state index in [0.29, 0.717) is 5.56 Å². The van der Waals surface area contributed by atoms with Crippen LogP contribution in [0, 0.1) is 17.0 Å². The molecule has 2 aromatic carbocycles. The topological polar surface area (TPSA) is 93.5 Å². The first-order valence-corrected chi connectivity index (χ1v) is 6.82. The van der Waals surface area contributed by atoms with E-state index in [-0.39, 0.29) is 10.8 Å². The third-order valence-corrected chi connectivity index (χ3v) is 3.08. The molecule has 0 atom stereocenters. The third-order valence-electron chi connectivity index (χ3n) is 2.99. The molecule has 0 spiro atoms. The number of nitrogens with zero attached hydrogens (tertiary/aromatic N) is 2. The second kappa shape index (κ2) is 6.77. The Morgan fingerprint density at radius 2 is 1.91 bits per heavy atom. The molecule has 0 aliphatic carbocycles. The third kappa shape index (κ3) is 3.86. The second-order valence-electron chi connectivity index (χ2n) is 4.63. The standard InChI is InChI=1S/C15H14N4O2S/c1-10-2-4-11(5-3-10)12-6-7-14(19(20)21)13(8-12)9-17-18-15(16)22/h2-9H,1H3,(H3,16,18,22). The molecule has 0 amide bonds. The molecule has 0 bridgehead atoms. The van der Waals surface area contributed by atoms with Crippen molar-refractivity contribution in [1.82, 2.24) is 5.43 Å². The Kier molecular flexibility index (Phi) is 4.80. The van der Waals surface area contributed by atoms with Crippen molar-refractivity contribution in [2.75, 3.05) is 0 Å². The van der Waals surface area contributed by atoms with Gasteiger partial charge in [-0.25, -0.2) is 0 Å². The summed E-state index contributed by atoms with van der Waals surface area (Å²) in [4.78, 5) is 10.6. The lowest BCUT2D eigenvalue weighted by Gasteiger charge is -2.05. The van der Waals surface area contributed by atoms with Gasteiger partial charge in [0.1, 0.15) is 0 Å². The molecule has 2 aromatic rings. The Hall–Kier alpha value is -2.80. The Morgan fingerprint density at radius 1 is 1.27 bits per heavy atom. The van der Waals surface area contributed by atoms with Gasteiger partial charge in [0.2, 0.25) is 0 Å². The number of thiocarbonyl (C=S) groups is 1. The van der Waals surface area contributed by atoms with Crippen molar-refractivity contribution < 1.29 is 4.92 Å². The molecule has 2 rings (SSSR count). The summed E-state index contributed by atoms with van der Waals surface area (Å²) >= 11 is 4.63. The van der Waals surface area contributed by atoms with Crippen molar-refractivity contribution in [1.29, 1.82) is 0 Å². The molecule has 0 unspecified atom stereocenters. The van der Waals surface area contributed by atoms with Gasteiger partial charge in [-0.1, -0.05) is 29.8 Å². The molecule has 0 fully saturated rings. The molecule has 112 valence electrons. The highest BCUT2D eigenvalue weighted by Gasteiger charge is 2.13. The number of nitro groups is 1. The van der Waals surface area contributed by atoms with Gasteiger partial charge in [-0.3, -0.25) is 15.5 Å². The van der Waals surface area contributed by atoms with Crippen LogP contribution in [0.4, 0.5) is 5.69 Å². The molecule has 0 aliphatic rings. The van der Waals surface area contributed by atoms with Crippen molar-refractivity contribution in [3.63, 3.8) is 0 Å². The van der Waals surface area contributed by atoms with Crippen LogP contribution >= 0.6 is 12.2 Å². The molecule has 22 heavy (non-hydrogen) atoms. The summed E-state index contributed by atoms with van der Waals surface area (Å²) in [6, 6.07) is 12.8. The van der Waals surface area contributed by atoms with Crippen LogP contribution in [0.5, 0.6) is 0 Å². The Labute approximate surface area is 132 Å². The summed E-state index contributed by atoms with van der Waals surface area (Å²) in [7, 11) is 0. The van der Waals surface area contributed by atoms with Gasteiger partial charge in [-0.15, -0.1) is 0 Å². The molecule has 6 nitrogen and oxygen atoms in total. The average molecular weight is 314 g/mol. The number of aryl methyl sites for hydroxylation is 1. The highest BCUT2D eigenvalue weighted by atomic mass is 32.1. The maximum absolute atomic E-state index is 11.1. The van der Waals surface area contributed by atoms with E-state index in [1.54, 1.807) is 12.1 Å². The first-order valence-electron chi connectivity index (χ1n) is 6.41. The van der Waals surface area contributed by atoms with Gasteiger partial charge in [0.25, 0.3) is 5.69 Å². The van der Waals surface area contributed by atoms with Crippen molar-refractivity contribution in [3.8, 4) is 11.1 Å². The molecule has 0 radical (unpaired) electrons. The molecule has 0 heterocycles. The van der Waals surface area contributed by atoms with Gasteiger partial charge in [0, 0.05) is 6.07 Å². The Balaban J connectivity index is 2.42. The predicted octanol–water partition coefficient (Wildman–Crippen LogP) is 2.74. The van der Waals surface area contributed by atoms with Crippen molar-refractivity contribution in [2.45, 2.75) is 6.92 Å². The number of hydrogen-bond donors (Lipinski definition) is 2. The molecule has 7 heteroatoms. The van der Waals surface area contributed by atoms with E-state index < -0.39 is 4.92 Å². The van der Waals surface area contributed by atoms with Crippen LogP contribution in [0.15, 0.2) is 47.6 Å². The summed E-state index contributed by atoms with van der Waals surface area (Å²) in [5.74, 6) is 0. The SMILES string of the molecule is Cc1ccc(-c2ccc([N+](=O)[O-])c(C=NNC(N)=S)c2)cc1. The number of nitrogens with two attached hydrogens (primary N) is 1. The van der Waals surface area contributed by atoms with Gasteiger partial charge in [0.05, 0.1) is 16.7 Å². The smallest absolute Gasteiger partial charge is 0.278 e. The van der Waals surface area contributed by atoms with Crippen LogP contribution in [0.1, 0.15) is 11.1 Å². The maximum Gasteiger partial charge on any atom is 0.278 e. The number of rotatable bonds is 4. The van der Waals surface area contributed by atoms with Gasteiger partial charge in [-0.2, -0.15) is 5.10 Å². The lowest BCUT2D eigenvalue weighted by molar-refractivity contribution is -0.385. The molecule has 0 saturated carbocycles. The normalized spacial score (nSPS) is 10.6. The van der Waals surface area contributed by atoms with Gasteiger partial charge < -0.3 is 5.73 Å². The Bertz CT molecular complexity index is 742. The summed E-state index contributed by atoms with van der Waals surface area (Å²) in [6.07, 6.45) is 1.33. The first-order chi connectivity index (χ1) is 10.5. The van der Waals surface area contributed by atoms with Gasteiger partial charge in [0.15, 0.2) is 5.11 Å². The summed E-state index contributed by atoms with van der Waals surface area (Å²) in [6.45, 7) is 2.00. The van der Waals surface area contributed by atoms with E-state index in [1.165, 1.54) is 12.3 Å². The minimum absolute atomic E-state index is 0.00593. The number of nitrogens with one attached hydrogen (secondary N) is 1. The fourth-order valence-corrected chi connectivity index (χ4v) is 1.97. The lowest BCUT2D eigenvalue weighted by atomic mass is 10.0. The zero-order chi connectivity index (χ0) is 16.1. The fourth-order valence-electron chi connectivity index (χ4n) is 1.92. The van der Waals surface area contributed by atoms with Gasteiger partial charge >= 0.3 is 0 Å². The van der Waals surface area contributed by atoms with Crippen molar-refractivity contribution in [3.05, 3.63) is 63.7 Å². The predicted molar refractivity (Wildman–Crippen MR) is 90.8 cm³/mol. The highest BCUT2D eigenvalue weighted by molar-refractivity contribution is 7.80. The van der Waals surface area contributed by atoms with Crippen molar-refractivity contribution >= 4 is 29.2 Å². The van der Waals surface area contributed by atoms with E-state index in [9.17, 15) is 10.1 Å². The quantitative estimate of drug-likeness (QED) is 0.392. The molecule has 0 aromatic heterocycles. The van der Waals surface area contributed by atoms with E-state index in [4.69, 9.17) is 5.73 Å². The molecule has 0 saturated heterocycles. The van der Waals surface area contributed by atoms with E-state index in [0.717, 1.165) is 16.7 Å². The molecular formula is C15H14N4O2S. The summed E-state index contributed by atoms with van der Waals surface area (Å²) < 4.78 is 0. The van der Waals surface area contributed by atoms with Gasteiger partial charge in [-0.05, 0) is 42.4 Å². The molecular weight excluding hydrogens is 300 g/mol. The van der Waals surface area contributed by atoms with Crippen LogP contribution in [-0.2, 0) is 0 Å². The minimum atomic E-state index is -0.457. The second-order valence-corrected chi connectivity index (χ2v) is 5.07. The minimum Gasteiger partial charge on any atom is -0.375 e. The van der Waals surface area contributed by atoms with E-state index >= 15 is 0 Å². The van der Waals surface area contributed by atoms with E-state index in [1.807, 2.05) is 31.2 Å². The molecule has 0 aliphatic heterocycles. The number of hydrogen-bond acceptors (Lipinski definition) is 4. The Morgan fingerprint density at radius 3 is 2.50 bits per heavy atom. The van der Waals surface area contributed by atoms with E-state index in [2.05, 4.69) is 22.7 Å². The summed E-state index contributed by atoms with van der Waals surface area (Å²) in [5.41, 5.74) is 11.0. The van der Waals surface area contributed by atoms with Crippen LogP contribution in [-0.4, -0.2) is 16.3 Å². The number of hydrazone groups is 1. The van der Waals surface area contributed by atoms with Crippen LogP contribution < -0.4 is 11.2 Å². The monoisotopic (exact) mass is 314 g/mol. The zero-order valence-electron chi connectivity index (χ0n) is 11.8. The number of benzene rings is 2. The fraction of sp³-hybridized carbons (Fsp3) is 0.0667. The highest BCUT2D eigenvalue weighted by Crippen LogP contribution is 2.26. The van der Waals surface area contributed by atoms with Crippen LogP contribution in [0.25, 0.3) is 11.1 Å². The average Bonchev–Trinajstić information content (AvgIpc) is 2.47. The lowest BCUT2D eigenvalue weighted by Crippen LogP contribution is -2.24. The van der Waals surface area contributed by atoms with Crippen LogP contribution in [0.3, 0.4) is 0 Å². The molecule has 3 N–H and O–H groups in total. The number of nitro benzene ring substituents is 1. The maximum atomic E-state index is 11.1. The zero-order valence-corrected chi connectivity index (χ0v) is 12.6. The first kappa shape index (κ1) is 15.6. The largest absolute Gasteiger partial charge is 0.375 e. The van der Waals surface area contributed by atoms with Crippen molar-refractivity contribution in [2.24, 2.45) is 10.8 Å². The van der Waals surface area contributed by atoms with Crippen LogP contribution in [0.2, 0.25) is 0 Å². The summed E-state index contributed by atoms with van der Waals surface area (Å²) in [5, 5.41) is 14.9.